The minimum Gasteiger partial charge on any atom is -0.413 e. The predicted molar refractivity (Wildman–Crippen MR) is 192 cm³/mol. The van der Waals surface area contributed by atoms with Gasteiger partial charge >= 0.3 is 0 Å². The molecule has 0 unspecified atom stereocenters. The van der Waals surface area contributed by atoms with E-state index in [1.807, 2.05) is 0 Å². The second-order valence-corrected chi connectivity index (χ2v) is 35.4. The van der Waals surface area contributed by atoms with Crippen molar-refractivity contribution in [3.8, 4) is 0 Å². The van der Waals surface area contributed by atoms with E-state index in [1.54, 1.807) is 11.8 Å². The van der Waals surface area contributed by atoms with Gasteiger partial charge in [0.25, 0.3) is 0 Å². The Hall–Kier alpha value is 0.448. The van der Waals surface area contributed by atoms with E-state index in [2.05, 4.69) is 116 Å². The molecule has 43 heavy (non-hydrogen) atoms. The van der Waals surface area contributed by atoms with Gasteiger partial charge in [-0.05, 0) is 118 Å². The zero-order chi connectivity index (χ0) is 33.1. The molecule has 0 spiro atoms. The van der Waals surface area contributed by atoms with E-state index in [0.717, 1.165) is 25.8 Å². The maximum absolute atomic E-state index is 14.1. The van der Waals surface area contributed by atoms with Crippen LogP contribution >= 0.6 is 11.8 Å². The Balaban J connectivity index is 2.63. The summed E-state index contributed by atoms with van der Waals surface area (Å²) in [5, 5.41) is 3.49. The Morgan fingerprint density at radius 2 is 1.40 bits per heavy atom. The van der Waals surface area contributed by atoms with Gasteiger partial charge in [0.15, 0.2) is 33.3 Å². The van der Waals surface area contributed by atoms with Gasteiger partial charge in [-0.3, -0.25) is 9.69 Å². The molecule has 0 bridgehead atoms. The lowest BCUT2D eigenvalue weighted by molar-refractivity contribution is -0.196. The van der Waals surface area contributed by atoms with Crippen LogP contribution in [-0.4, -0.2) is 112 Å². The highest BCUT2D eigenvalue weighted by Crippen LogP contribution is 2.39. The summed E-state index contributed by atoms with van der Waals surface area (Å²) < 4.78 is 34.7. The molecule has 0 aromatic heterocycles. The van der Waals surface area contributed by atoms with Crippen molar-refractivity contribution >= 4 is 50.9 Å². The van der Waals surface area contributed by atoms with Gasteiger partial charge in [0.1, 0.15) is 29.9 Å². The minimum atomic E-state index is -2.10. The predicted octanol–water partition coefficient (Wildman–Crippen LogP) is 6.58. The third-order valence-corrected chi connectivity index (χ3v) is 12.4. The average molecular weight is 695 g/mol. The van der Waals surface area contributed by atoms with Crippen LogP contribution < -0.4 is 5.32 Å². The fourth-order valence-electron chi connectivity index (χ4n) is 6.32. The molecule has 0 radical (unpaired) electrons. The number of rotatable bonds is 15. The highest BCUT2D eigenvalue weighted by Gasteiger charge is 2.54. The van der Waals surface area contributed by atoms with E-state index in [4.69, 9.17) is 22.4 Å². The van der Waals surface area contributed by atoms with Gasteiger partial charge in [-0.1, -0.05) is 13.3 Å². The zero-order valence-corrected chi connectivity index (χ0v) is 35.1. The van der Waals surface area contributed by atoms with E-state index in [9.17, 15) is 4.79 Å². The minimum absolute atomic E-state index is 0.0521. The number of ether oxygens (including phenoxy) is 1. The normalized spacial score (nSPS) is 31.2. The number of hydrogen-bond donors (Lipinski definition) is 1. The first-order valence-electron chi connectivity index (χ1n) is 16.3. The van der Waals surface area contributed by atoms with Crippen molar-refractivity contribution in [3.63, 3.8) is 0 Å². The number of hydrogen-bond acceptors (Lipinski definition) is 8. The summed E-state index contributed by atoms with van der Waals surface area (Å²) in [4.78, 5) is 16.3. The number of nitrogens with zero attached hydrogens (tertiary/aromatic N) is 1. The quantitative estimate of drug-likeness (QED) is 0.193. The van der Waals surface area contributed by atoms with Crippen LogP contribution in [0.25, 0.3) is 0 Å². The Kier molecular flexibility index (Phi) is 14.3. The summed E-state index contributed by atoms with van der Waals surface area (Å²) >= 11 is 1.65. The Morgan fingerprint density at radius 1 is 0.884 bits per heavy atom. The standard InChI is InChI=1S/C30H66N2O6SSi4/c1-17-18-22-19-23(32(3)20-22)29(33)31-24(21(2)35-40(5,6)7)25-26(36-41(8,9)10)27(37-42(11,12)13)28(30(34-25)39-4)38-43(14,15)16/h21-28,30H,17-20H2,1-16H3,(H,31,33)/t21-,22-,23+,24-,25-,26+,27+,28-,30-/m1/s1. The van der Waals surface area contributed by atoms with Gasteiger partial charge < -0.3 is 27.8 Å². The fraction of sp³-hybridized carbons (Fsp3) is 0.967. The van der Waals surface area contributed by atoms with E-state index in [0.29, 0.717) is 5.92 Å². The van der Waals surface area contributed by atoms with Crippen molar-refractivity contribution in [2.24, 2.45) is 5.92 Å². The number of carbonyl (C=O) groups is 1. The molecule has 2 aliphatic rings. The summed E-state index contributed by atoms with van der Waals surface area (Å²) in [6.45, 7) is 31.8. The van der Waals surface area contributed by atoms with Crippen molar-refractivity contribution in [1.29, 1.82) is 0 Å². The lowest BCUT2D eigenvalue weighted by Gasteiger charge is -2.53. The van der Waals surface area contributed by atoms with Gasteiger partial charge in [-0.15, -0.1) is 11.8 Å². The highest BCUT2D eigenvalue weighted by molar-refractivity contribution is 7.99. The number of carbonyl (C=O) groups excluding carboxylic acids is 1. The van der Waals surface area contributed by atoms with Crippen molar-refractivity contribution < 1.29 is 27.2 Å². The first-order valence-corrected chi connectivity index (χ1v) is 31.3. The van der Waals surface area contributed by atoms with Gasteiger partial charge in [-0.2, -0.15) is 0 Å². The maximum atomic E-state index is 14.1. The Morgan fingerprint density at radius 3 is 1.86 bits per heavy atom. The topological polar surface area (TPSA) is 78.5 Å². The second kappa shape index (κ2) is 15.6. The highest BCUT2D eigenvalue weighted by atomic mass is 32.2. The molecule has 8 nitrogen and oxygen atoms in total. The molecule has 2 aliphatic heterocycles. The Labute approximate surface area is 272 Å². The van der Waals surface area contributed by atoms with Crippen molar-refractivity contribution in [2.75, 3.05) is 19.8 Å². The van der Waals surface area contributed by atoms with Gasteiger partial charge in [0, 0.05) is 6.54 Å². The van der Waals surface area contributed by atoms with Crippen LogP contribution in [0.5, 0.6) is 0 Å². The summed E-state index contributed by atoms with van der Waals surface area (Å²) in [6, 6.07) is -0.569. The SMILES string of the molecule is CCC[C@@H]1C[C@@H](C(=O)N[C@@H]([C@H]2O[C@H](SC)[C@H](O[Si](C)(C)C)[C@@H](O[Si](C)(C)C)[C@H]2O[Si](C)(C)C)[C@@H](C)O[Si](C)(C)C)N(C)C1. The largest absolute Gasteiger partial charge is 0.413 e. The third-order valence-electron chi connectivity index (χ3n) is 7.57. The van der Waals surface area contributed by atoms with Crippen LogP contribution in [0.1, 0.15) is 33.1 Å². The van der Waals surface area contributed by atoms with Gasteiger partial charge in [-0.25, -0.2) is 0 Å². The summed E-state index contributed by atoms with van der Waals surface area (Å²) in [5.74, 6) is 0.597. The average Bonchev–Trinajstić information content (AvgIpc) is 3.16. The molecule has 0 aromatic rings. The number of nitrogens with one attached hydrogen (secondary N) is 1. The van der Waals surface area contributed by atoms with Crippen LogP contribution in [0.2, 0.25) is 78.6 Å². The number of thioether (sulfide) groups is 1. The van der Waals surface area contributed by atoms with E-state index in [1.165, 1.54) is 0 Å². The number of amides is 1. The summed E-state index contributed by atoms with van der Waals surface area (Å²) in [5.41, 5.74) is -0.263. The number of likely N-dealkylation sites (tertiary alicyclic amines) is 1. The lowest BCUT2D eigenvalue weighted by atomic mass is 9.91. The molecule has 0 aliphatic carbocycles. The van der Waals surface area contributed by atoms with E-state index >= 15 is 0 Å². The van der Waals surface area contributed by atoms with E-state index in [-0.39, 0.29) is 35.7 Å². The number of likely N-dealkylation sites (N-methyl/N-ethyl adjacent to an activating group) is 1. The van der Waals surface area contributed by atoms with E-state index < -0.39 is 51.5 Å². The van der Waals surface area contributed by atoms with Crippen molar-refractivity contribution in [2.45, 2.75) is 160 Å². The molecule has 1 amide bonds. The molecular weight excluding hydrogens is 629 g/mol. The molecule has 2 fully saturated rings. The molecule has 2 saturated heterocycles. The molecule has 0 saturated carbocycles. The molecule has 0 aromatic carbocycles. The third kappa shape index (κ3) is 12.9. The van der Waals surface area contributed by atoms with Gasteiger partial charge in [0.2, 0.25) is 5.91 Å². The monoisotopic (exact) mass is 694 g/mol. The molecule has 9 atom stereocenters. The maximum Gasteiger partial charge on any atom is 0.237 e. The first kappa shape index (κ1) is 39.6. The van der Waals surface area contributed by atoms with Gasteiger partial charge in [0.05, 0.1) is 18.2 Å². The van der Waals surface area contributed by atoms with Crippen LogP contribution in [0.4, 0.5) is 0 Å². The lowest BCUT2D eigenvalue weighted by Crippen LogP contribution is -2.70. The fourth-order valence-corrected chi connectivity index (χ4v) is 11.6. The smallest absolute Gasteiger partial charge is 0.237 e. The Bertz CT molecular complexity index is 892. The molecule has 2 rings (SSSR count). The summed E-state index contributed by atoms with van der Waals surface area (Å²) in [7, 11) is -5.99. The molecular formula is C30H66N2O6SSi4. The first-order chi connectivity index (χ1) is 19.4. The van der Waals surface area contributed by atoms with Crippen LogP contribution in [0.15, 0.2) is 0 Å². The van der Waals surface area contributed by atoms with Crippen LogP contribution in [-0.2, 0) is 27.2 Å². The van der Waals surface area contributed by atoms with Crippen molar-refractivity contribution in [1.82, 2.24) is 10.2 Å². The summed E-state index contributed by atoms with van der Waals surface area (Å²) in [6.07, 6.45) is 3.52. The van der Waals surface area contributed by atoms with Crippen LogP contribution in [0.3, 0.4) is 0 Å². The molecule has 13 heteroatoms. The zero-order valence-electron chi connectivity index (χ0n) is 30.3. The molecule has 254 valence electrons. The van der Waals surface area contributed by atoms with Crippen molar-refractivity contribution in [3.05, 3.63) is 0 Å². The molecule has 1 N–H and O–H groups in total. The molecule has 2 heterocycles. The van der Waals surface area contributed by atoms with Crippen LogP contribution in [0, 0.1) is 5.92 Å². The second-order valence-electron chi connectivity index (χ2n) is 16.6.